The van der Waals surface area contributed by atoms with Gasteiger partial charge in [-0.25, -0.2) is 4.98 Å². The maximum Gasteiger partial charge on any atom is 0.253 e. The van der Waals surface area contributed by atoms with Gasteiger partial charge in [-0.1, -0.05) is 27.7 Å². The summed E-state index contributed by atoms with van der Waals surface area (Å²) in [5.74, 6) is 0.919. The van der Waals surface area contributed by atoms with Crippen molar-refractivity contribution in [1.29, 1.82) is 0 Å². The number of aromatic nitrogens is 2. The van der Waals surface area contributed by atoms with Crippen LogP contribution in [-0.2, 0) is 4.79 Å². The first kappa shape index (κ1) is 20.3. The molecule has 7 nitrogen and oxygen atoms in total. The molecule has 152 valence electrons. The highest BCUT2D eigenvalue weighted by Crippen LogP contribution is 2.21. The van der Waals surface area contributed by atoms with Gasteiger partial charge in [0.15, 0.2) is 0 Å². The summed E-state index contributed by atoms with van der Waals surface area (Å²) < 4.78 is 0. The number of amides is 2. The summed E-state index contributed by atoms with van der Waals surface area (Å²) in [5, 5.41) is 13.3. The van der Waals surface area contributed by atoms with Crippen LogP contribution in [0.1, 0.15) is 62.6 Å². The minimum atomic E-state index is -0.649. The first-order chi connectivity index (χ1) is 13.3. The molecule has 0 bridgehead atoms. The van der Waals surface area contributed by atoms with Gasteiger partial charge in [0.25, 0.3) is 5.91 Å². The lowest BCUT2D eigenvalue weighted by molar-refractivity contribution is -0.125. The molecule has 1 aliphatic rings. The summed E-state index contributed by atoms with van der Waals surface area (Å²) >= 11 is 0. The number of imidazole rings is 1. The van der Waals surface area contributed by atoms with Crippen molar-refractivity contribution < 1.29 is 14.7 Å². The second-order valence-corrected chi connectivity index (χ2v) is 8.22. The number of aromatic amines is 1. The number of carbonyl (C=O) groups excluding carboxylic acids is 2. The average Bonchev–Trinajstić information content (AvgIpc) is 3.01. The lowest BCUT2D eigenvalue weighted by Crippen LogP contribution is -2.44. The molecule has 0 spiro atoms. The number of fused-ring (bicyclic) bond motifs is 1. The van der Waals surface area contributed by atoms with Crippen molar-refractivity contribution in [1.82, 2.24) is 20.2 Å². The molecule has 0 unspecified atom stereocenters. The minimum absolute atomic E-state index is 0.0642. The Morgan fingerprint density at radius 3 is 2.61 bits per heavy atom. The molecule has 1 aromatic heterocycles. The van der Waals surface area contributed by atoms with E-state index < -0.39 is 6.10 Å². The molecule has 0 aliphatic carbocycles. The van der Waals surface area contributed by atoms with Gasteiger partial charge in [0.05, 0.1) is 23.2 Å². The number of rotatable bonds is 4. The van der Waals surface area contributed by atoms with E-state index in [9.17, 15) is 14.7 Å². The van der Waals surface area contributed by atoms with Crippen molar-refractivity contribution in [2.24, 2.45) is 5.92 Å². The number of aliphatic hydroxyl groups excluding tert-OH is 1. The van der Waals surface area contributed by atoms with Crippen LogP contribution in [0.4, 0.5) is 0 Å². The molecule has 2 heterocycles. The number of benzene rings is 1. The first-order valence-electron chi connectivity index (χ1n) is 10.0. The maximum absolute atomic E-state index is 13.0. The third-order valence-electron chi connectivity index (χ3n) is 5.30. The van der Waals surface area contributed by atoms with Gasteiger partial charge < -0.3 is 20.3 Å². The molecule has 1 fully saturated rings. The molecule has 2 aromatic rings. The fourth-order valence-corrected chi connectivity index (χ4v) is 3.43. The van der Waals surface area contributed by atoms with Crippen LogP contribution in [0.2, 0.25) is 0 Å². The molecule has 2 amide bonds. The van der Waals surface area contributed by atoms with E-state index in [-0.39, 0.29) is 29.7 Å². The number of aliphatic hydroxyl groups is 1. The van der Waals surface area contributed by atoms with Gasteiger partial charge in [-0.3, -0.25) is 9.59 Å². The van der Waals surface area contributed by atoms with Crippen LogP contribution in [-0.4, -0.2) is 57.0 Å². The van der Waals surface area contributed by atoms with Crippen LogP contribution < -0.4 is 5.32 Å². The van der Waals surface area contributed by atoms with Crippen molar-refractivity contribution >= 4 is 22.8 Å². The predicted molar refractivity (Wildman–Crippen MR) is 108 cm³/mol. The molecule has 1 aromatic carbocycles. The number of H-pyrrole nitrogens is 1. The van der Waals surface area contributed by atoms with E-state index in [1.165, 1.54) is 0 Å². The maximum atomic E-state index is 13.0. The molecule has 0 saturated carbocycles. The van der Waals surface area contributed by atoms with Crippen LogP contribution in [0.3, 0.4) is 0 Å². The Balaban J connectivity index is 1.72. The van der Waals surface area contributed by atoms with Crippen molar-refractivity contribution in [3.63, 3.8) is 0 Å². The van der Waals surface area contributed by atoms with Crippen LogP contribution in [0, 0.1) is 5.92 Å². The molecule has 0 radical (unpaired) electrons. The number of nitrogens with zero attached hydrogens (tertiary/aromatic N) is 2. The summed E-state index contributed by atoms with van der Waals surface area (Å²) in [5.41, 5.74) is 2.31. The van der Waals surface area contributed by atoms with Gasteiger partial charge in [-0.05, 0) is 31.0 Å². The smallest absolute Gasteiger partial charge is 0.253 e. The van der Waals surface area contributed by atoms with E-state index in [4.69, 9.17) is 0 Å². The molecular weight excluding hydrogens is 356 g/mol. The summed E-state index contributed by atoms with van der Waals surface area (Å²) in [6.07, 6.45) is 0.331. The van der Waals surface area contributed by atoms with Crippen molar-refractivity contribution in [2.75, 3.05) is 13.1 Å². The van der Waals surface area contributed by atoms with E-state index in [0.717, 1.165) is 16.9 Å². The van der Waals surface area contributed by atoms with E-state index in [2.05, 4.69) is 29.1 Å². The highest BCUT2D eigenvalue weighted by atomic mass is 16.3. The fourth-order valence-electron chi connectivity index (χ4n) is 3.43. The molecule has 7 heteroatoms. The topological polar surface area (TPSA) is 98.3 Å². The number of likely N-dealkylation sites (tertiary alicyclic amines) is 1. The van der Waals surface area contributed by atoms with Gasteiger partial charge >= 0.3 is 0 Å². The highest BCUT2D eigenvalue weighted by molar-refractivity contribution is 5.97. The zero-order valence-corrected chi connectivity index (χ0v) is 17.0. The molecule has 3 rings (SSSR count). The van der Waals surface area contributed by atoms with E-state index >= 15 is 0 Å². The Labute approximate surface area is 165 Å². The third-order valence-corrected chi connectivity index (χ3v) is 5.30. The second kappa shape index (κ2) is 8.31. The second-order valence-electron chi connectivity index (χ2n) is 8.22. The Morgan fingerprint density at radius 1 is 1.21 bits per heavy atom. The van der Waals surface area contributed by atoms with Crippen molar-refractivity contribution in [2.45, 2.75) is 58.6 Å². The number of hydrogen-bond donors (Lipinski definition) is 3. The summed E-state index contributed by atoms with van der Waals surface area (Å²) in [7, 11) is 0. The van der Waals surface area contributed by atoms with Crippen LogP contribution in [0.15, 0.2) is 18.2 Å². The Hall–Kier alpha value is -2.41. The zero-order chi connectivity index (χ0) is 20.4. The fraction of sp³-hybridized carbons (Fsp3) is 0.571. The monoisotopic (exact) mass is 386 g/mol. The lowest BCUT2D eigenvalue weighted by Gasteiger charge is -2.22. The van der Waals surface area contributed by atoms with Gasteiger partial charge in [0.2, 0.25) is 5.91 Å². The van der Waals surface area contributed by atoms with Crippen LogP contribution in [0.25, 0.3) is 11.0 Å². The highest BCUT2D eigenvalue weighted by Gasteiger charge is 2.29. The molecular formula is C21H30N4O3. The minimum Gasteiger partial charge on any atom is -0.391 e. The molecule has 1 aliphatic heterocycles. The lowest BCUT2D eigenvalue weighted by atomic mass is 10.1. The van der Waals surface area contributed by atoms with Crippen molar-refractivity contribution in [3.8, 4) is 0 Å². The van der Waals surface area contributed by atoms with Gasteiger partial charge in [0.1, 0.15) is 5.82 Å². The Bertz CT molecular complexity index is 858. The summed E-state index contributed by atoms with van der Waals surface area (Å²) in [6.45, 7) is 8.75. The normalized spacial score (nSPS) is 20.6. The van der Waals surface area contributed by atoms with Crippen LogP contribution >= 0.6 is 0 Å². The van der Waals surface area contributed by atoms with E-state index in [0.29, 0.717) is 31.5 Å². The van der Waals surface area contributed by atoms with E-state index in [1.807, 2.05) is 26.0 Å². The molecule has 3 N–H and O–H groups in total. The molecule has 1 saturated heterocycles. The summed E-state index contributed by atoms with van der Waals surface area (Å²) in [6, 6.07) is 5.19. The van der Waals surface area contributed by atoms with Gasteiger partial charge in [-0.2, -0.15) is 0 Å². The number of hydrogen-bond acceptors (Lipinski definition) is 4. The van der Waals surface area contributed by atoms with Crippen molar-refractivity contribution in [3.05, 3.63) is 29.6 Å². The van der Waals surface area contributed by atoms with Crippen LogP contribution in [0.5, 0.6) is 0 Å². The van der Waals surface area contributed by atoms with Gasteiger partial charge in [-0.15, -0.1) is 0 Å². The quantitative estimate of drug-likeness (QED) is 0.752. The largest absolute Gasteiger partial charge is 0.391 e. The van der Waals surface area contributed by atoms with Gasteiger partial charge in [0, 0.05) is 30.5 Å². The summed E-state index contributed by atoms with van der Waals surface area (Å²) in [4.78, 5) is 34.6. The number of nitrogens with one attached hydrogen (secondary N) is 2. The Morgan fingerprint density at radius 2 is 1.93 bits per heavy atom. The van der Waals surface area contributed by atoms with E-state index in [1.54, 1.807) is 11.0 Å². The third kappa shape index (κ3) is 4.35. The standard InChI is InChI=1S/C21H30N4O3/c1-12(2)19-22-15-6-5-14(11-17(15)23-19)21(28)25-9-7-16(18(26)8-10-25)24-20(27)13(3)4/h5-6,11-13,16,18,26H,7-10H2,1-4H3,(H,22,23)(H,24,27)/t16-,18-/m0/s1. The SMILES string of the molecule is CC(C)C(=O)N[C@H]1CCN(C(=O)c2ccc3nc(C(C)C)[nH]c3c2)CC[C@@H]1O. The average molecular weight is 386 g/mol. The zero-order valence-electron chi connectivity index (χ0n) is 17.0. The molecule has 2 atom stereocenters. The Kier molecular flexibility index (Phi) is 6.03. The predicted octanol–water partition coefficient (Wildman–Crippen LogP) is 2.42. The first-order valence-corrected chi connectivity index (χ1v) is 10.0. The molecule has 28 heavy (non-hydrogen) atoms. The number of carbonyl (C=O) groups is 2.